The van der Waals surface area contributed by atoms with Gasteiger partial charge >= 0.3 is 0 Å². The highest BCUT2D eigenvalue weighted by Gasteiger charge is 2.24. The standard InChI is InChI=1S/C12H25NO2/c1-3-5-8-14-10-12-7-6-11(15-12)9-13-4-2/h11-13H,3-10H2,1-2H3. The van der Waals surface area contributed by atoms with Crippen molar-refractivity contribution in [3.63, 3.8) is 0 Å². The van der Waals surface area contributed by atoms with Crippen LogP contribution in [0, 0.1) is 0 Å². The van der Waals surface area contributed by atoms with E-state index in [1.165, 1.54) is 12.8 Å². The topological polar surface area (TPSA) is 30.5 Å². The highest BCUT2D eigenvalue weighted by Crippen LogP contribution is 2.19. The lowest BCUT2D eigenvalue weighted by atomic mass is 10.2. The van der Waals surface area contributed by atoms with Crippen LogP contribution in [0.3, 0.4) is 0 Å². The van der Waals surface area contributed by atoms with Gasteiger partial charge in [-0.3, -0.25) is 0 Å². The van der Waals surface area contributed by atoms with Crippen LogP contribution in [0.15, 0.2) is 0 Å². The van der Waals surface area contributed by atoms with E-state index in [0.29, 0.717) is 12.2 Å². The summed E-state index contributed by atoms with van der Waals surface area (Å²) in [5, 5.41) is 3.32. The van der Waals surface area contributed by atoms with Crippen LogP contribution < -0.4 is 5.32 Å². The number of rotatable bonds is 8. The van der Waals surface area contributed by atoms with E-state index in [2.05, 4.69) is 19.2 Å². The molecule has 0 aromatic heterocycles. The molecule has 1 rings (SSSR count). The summed E-state index contributed by atoms with van der Waals surface area (Å²) >= 11 is 0. The molecule has 2 atom stereocenters. The van der Waals surface area contributed by atoms with Crippen molar-refractivity contribution in [3.8, 4) is 0 Å². The number of unbranched alkanes of at least 4 members (excludes halogenated alkanes) is 1. The molecule has 90 valence electrons. The van der Waals surface area contributed by atoms with Gasteiger partial charge in [0.2, 0.25) is 0 Å². The van der Waals surface area contributed by atoms with E-state index in [1.54, 1.807) is 0 Å². The molecule has 0 radical (unpaired) electrons. The summed E-state index contributed by atoms with van der Waals surface area (Å²) in [6.07, 6.45) is 5.44. The van der Waals surface area contributed by atoms with E-state index >= 15 is 0 Å². The molecular formula is C12H25NO2. The van der Waals surface area contributed by atoms with Gasteiger partial charge in [-0.05, 0) is 25.8 Å². The Kier molecular flexibility index (Phi) is 6.98. The quantitative estimate of drug-likeness (QED) is 0.628. The molecule has 0 aliphatic carbocycles. The van der Waals surface area contributed by atoms with Gasteiger partial charge in [-0.25, -0.2) is 0 Å². The highest BCUT2D eigenvalue weighted by molar-refractivity contribution is 4.74. The summed E-state index contributed by atoms with van der Waals surface area (Å²) in [5.74, 6) is 0. The zero-order chi connectivity index (χ0) is 10.9. The Morgan fingerprint density at radius 2 is 2.07 bits per heavy atom. The number of ether oxygens (including phenoxy) is 2. The molecule has 0 spiro atoms. The van der Waals surface area contributed by atoms with Crippen LogP contribution in [0.1, 0.15) is 39.5 Å². The molecule has 15 heavy (non-hydrogen) atoms. The molecule has 1 aliphatic rings. The Labute approximate surface area is 93.5 Å². The summed E-state index contributed by atoms with van der Waals surface area (Å²) in [6, 6.07) is 0. The number of hydrogen-bond donors (Lipinski definition) is 1. The molecule has 0 aromatic carbocycles. The van der Waals surface area contributed by atoms with Crippen molar-refractivity contribution in [2.75, 3.05) is 26.3 Å². The van der Waals surface area contributed by atoms with Crippen LogP contribution in [-0.2, 0) is 9.47 Å². The Hall–Kier alpha value is -0.120. The molecule has 2 unspecified atom stereocenters. The maximum atomic E-state index is 5.86. The van der Waals surface area contributed by atoms with Gasteiger partial charge in [0.15, 0.2) is 0 Å². The minimum Gasteiger partial charge on any atom is -0.379 e. The second-order valence-corrected chi connectivity index (χ2v) is 4.19. The fourth-order valence-corrected chi connectivity index (χ4v) is 1.82. The highest BCUT2D eigenvalue weighted by atomic mass is 16.5. The van der Waals surface area contributed by atoms with E-state index in [0.717, 1.165) is 39.1 Å². The predicted molar refractivity (Wildman–Crippen MR) is 62.2 cm³/mol. The number of likely N-dealkylation sites (N-methyl/N-ethyl adjacent to an activating group) is 1. The Morgan fingerprint density at radius 3 is 2.80 bits per heavy atom. The SMILES string of the molecule is CCCCOCC1CCC(CNCC)O1. The molecule has 0 bridgehead atoms. The van der Waals surface area contributed by atoms with Crippen LogP contribution in [0.4, 0.5) is 0 Å². The van der Waals surface area contributed by atoms with Gasteiger partial charge in [0.05, 0.1) is 18.8 Å². The molecule has 3 heteroatoms. The fourth-order valence-electron chi connectivity index (χ4n) is 1.82. The summed E-state index contributed by atoms with van der Waals surface area (Å²) in [4.78, 5) is 0. The third-order valence-corrected chi connectivity index (χ3v) is 2.76. The monoisotopic (exact) mass is 215 g/mol. The minimum atomic E-state index is 0.338. The van der Waals surface area contributed by atoms with Crippen LogP contribution in [0.2, 0.25) is 0 Å². The van der Waals surface area contributed by atoms with Crippen LogP contribution in [0.25, 0.3) is 0 Å². The summed E-state index contributed by atoms with van der Waals surface area (Å²) in [5.41, 5.74) is 0. The average molecular weight is 215 g/mol. The van der Waals surface area contributed by atoms with Gasteiger partial charge in [0.25, 0.3) is 0 Å². The van der Waals surface area contributed by atoms with Gasteiger partial charge in [-0.2, -0.15) is 0 Å². The molecule has 1 N–H and O–H groups in total. The van der Waals surface area contributed by atoms with Gasteiger partial charge in [0, 0.05) is 13.2 Å². The normalized spacial score (nSPS) is 26.0. The van der Waals surface area contributed by atoms with Crippen molar-refractivity contribution in [1.29, 1.82) is 0 Å². The van der Waals surface area contributed by atoms with Crippen molar-refractivity contribution in [2.45, 2.75) is 51.7 Å². The minimum absolute atomic E-state index is 0.338. The van der Waals surface area contributed by atoms with Crippen molar-refractivity contribution in [2.24, 2.45) is 0 Å². The summed E-state index contributed by atoms with van der Waals surface area (Å²) in [7, 11) is 0. The molecule has 0 amide bonds. The first-order valence-electron chi connectivity index (χ1n) is 6.30. The molecule has 3 nitrogen and oxygen atoms in total. The van der Waals surface area contributed by atoms with Crippen LogP contribution in [-0.4, -0.2) is 38.5 Å². The van der Waals surface area contributed by atoms with Crippen LogP contribution in [0.5, 0.6) is 0 Å². The first kappa shape index (κ1) is 12.9. The third kappa shape index (κ3) is 5.50. The second kappa shape index (κ2) is 8.08. The fraction of sp³-hybridized carbons (Fsp3) is 1.00. The Balaban J connectivity index is 1.98. The lowest BCUT2D eigenvalue weighted by molar-refractivity contribution is -0.0146. The summed E-state index contributed by atoms with van der Waals surface area (Å²) in [6.45, 7) is 7.98. The maximum Gasteiger partial charge on any atom is 0.0813 e. The Bertz CT molecular complexity index is 153. The molecule has 1 aliphatic heterocycles. The predicted octanol–water partition coefficient (Wildman–Crippen LogP) is 1.96. The van der Waals surface area contributed by atoms with Crippen molar-refractivity contribution in [1.82, 2.24) is 5.32 Å². The van der Waals surface area contributed by atoms with E-state index in [-0.39, 0.29) is 0 Å². The molecule has 0 aromatic rings. The third-order valence-electron chi connectivity index (χ3n) is 2.76. The van der Waals surface area contributed by atoms with Crippen LogP contribution >= 0.6 is 0 Å². The number of nitrogens with one attached hydrogen (secondary N) is 1. The molecule has 0 saturated carbocycles. The first-order chi connectivity index (χ1) is 7.36. The van der Waals surface area contributed by atoms with Gasteiger partial charge in [-0.15, -0.1) is 0 Å². The molecular weight excluding hydrogens is 190 g/mol. The van der Waals surface area contributed by atoms with E-state index in [4.69, 9.17) is 9.47 Å². The summed E-state index contributed by atoms with van der Waals surface area (Å²) < 4.78 is 11.4. The van der Waals surface area contributed by atoms with Crippen molar-refractivity contribution < 1.29 is 9.47 Å². The van der Waals surface area contributed by atoms with E-state index in [9.17, 15) is 0 Å². The first-order valence-corrected chi connectivity index (χ1v) is 6.30. The van der Waals surface area contributed by atoms with Crippen molar-refractivity contribution in [3.05, 3.63) is 0 Å². The number of hydrogen-bond acceptors (Lipinski definition) is 3. The Morgan fingerprint density at radius 1 is 1.27 bits per heavy atom. The lowest BCUT2D eigenvalue weighted by Gasteiger charge is -2.14. The zero-order valence-corrected chi connectivity index (χ0v) is 10.1. The zero-order valence-electron chi connectivity index (χ0n) is 10.1. The second-order valence-electron chi connectivity index (χ2n) is 4.19. The largest absolute Gasteiger partial charge is 0.379 e. The van der Waals surface area contributed by atoms with Gasteiger partial charge in [0.1, 0.15) is 0 Å². The van der Waals surface area contributed by atoms with E-state index < -0.39 is 0 Å². The van der Waals surface area contributed by atoms with Crippen molar-refractivity contribution >= 4 is 0 Å². The van der Waals surface area contributed by atoms with E-state index in [1.807, 2.05) is 0 Å². The molecule has 1 heterocycles. The van der Waals surface area contributed by atoms with Gasteiger partial charge < -0.3 is 14.8 Å². The van der Waals surface area contributed by atoms with Gasteiger partial charge in [-0.1, -0.05) is 20.3 Å². The lowest BCUT2D eigenvalue weighted by Crippen LogP contribution is -2.27. The smallest absolute Gasteiger partial charge is 0.0813 e. The maximum absolute atomic E-state index is 5.86. The molecule has 1 fully saturated rings. The average Bonchev–Trinajstić information content (AvgIpc) is 2.69. The molecule has 1 saturated heterocycles.